The van der Waals surface area contributed by atoms with Crippen LogP contribution in [0.3, 0.4) is 0 Å². The van der Waals surface area contributed by atoms with E-state index >= 15 is 0 Å². The molecule has 1 saturated heterocycles. The number of para-hydroxylation sites is 1. The summed E-state index contributed by atoms with van der Waals surface area (Å²) in [4.78, 5) is 13.7. The number of carbonyl (C=O) groups is 1. The minimum atomic E-state index is -0.497. The van der Waals surface area contributed by atoms with Gasteiger partial charge in [0.15, 0.2) is 0 Å². The lowest BCUT2D eigenvalue weighted by atomic mass is 10.1. The number of morpholine rings is 1. The monoisotopic (exact) mass is 293 g/mol. The first-order valence-electron chi connectivity index (χ1n) is 7.21. The van der Waals surface area contributed by atoms with Crippen molar-refractivity contribution in [2.45, 2.75) is 38.9 Å². The van der Waals surface area contributed by atoms with Gasteiger partial charge in [0.1, 0.15) is 11.4 Å². The predicted molar refractivity (Wildman–Crippen MR) is 79.4 cm³/mol. The van der Waals surface area contributed by atoms with E-state index in [9.17, 15) is 9.90 Å². The molecule has 116 valence electrons. The third-order valence-corrected chi connectivity index (χ3v) is 3.23. The molecular formula is C16H23NO4. The summed E-state index contributed by atoms with van der Waals surface area (Å²) in [5.74, 6) is 0.260. The van der Waals surface area contributed by atoms with Crippen LogP contribution < -0.4 is 0 Å². The minimum Gasteiger partial charge on any atom is -0.508 e. The van der Waals surface area contributed by atoms with Gasteiger partial charge in [-0.1, -0.05) is 18.2 Å². The maximum Gasteiger partial charge on any atom is 0.410 e. The Morgan fingerprint density at radius 1 is 1.43 bits per heavy atom. The predicted octanol–water partition coefficient (Wildman–Crippen LogP) is 2.57. The summed E-state index contributed by atoms with van der Waals surface area (Å²) in [6.45, 7) is 7.05. The van der Waals surface area contributed by atoms with E-state index in [-0.39, 0.29) is 17.9 Å². The molecular weight excluding hydrogens is 270 g/mol. The fraction of sp³-hybridized carbons (Fsp3) is 0.562. The molecule has 0 aliphatic carbocycles. The van der Waals surface area contributed by atoms with Gasteiger partial charge >= 0.3 is 6.09 Å². The molecule has 0 spiro atoms. The topological polar surface area (TPSA) is 59.0 Å². The number of carbonyl (C=O) groups excluding carboxylic acids is 1. The zero-order chi connectivity index (χ0) is 15.5. The summed E-state index contributed by atoms with van der Waals surface area (Å²) < 4.78 is 11.1. The fourth-order valence-corrected chi connectivity index (χ4v) is 2.26. The normalized spacial score (nSPS) is 19.4. The van der Waals surface area contributed by atoms with E-state index in [1.54, 1.807) is 17.0 Å². The van der Waals surface area contributed by atoms with Crippen LogP contribution in [0.15, 0.2) is 24.3 Å². The first-order chi connectivity index (χ1) is 9.85. The molecule has 5 nitrogen and oxygen atoms in total. The molecule has 21 heavy (non-hydrogen) atoms. The van der Waals surface area contributed by atoms with Crippen LogP contribution in [0.1, 0.15) is 26.3 Å². The van der Waals surface area contributed by atoms with Crippen LogP contribution in [-0.4, -0.2) is 47.5 Å². The molecule has 1 aliphatic heterocycles. The molecule has 0 saturated carbocycles. The Kier molecular flexibility index (Phi) is 4.73. The largest absolute Gasteiger partial charge is 0.508 e. The minimum absolute atomic E-state index is 0.125. The zero-order valence-electron chi connectivity index (χ0n) is 12.8. The molecule has 1 fully saturated rings. The standard InChI is InChI=1S/C16H23NO4/c1-16(2,3)21-15(19)17-8-9-20-13(11-17)10-12-6-4-5-7-14(12)18/h4-7,13,18H,8-11H2,1-3H3/t13-/m0/s1. The van der Waals surface area contributed by atoms with Crippen molar-refractivity contribution >= 4 is 6.09 Å². The summed E-state index contributed by atoms with van der Waals surface area (Å²) in [5.41, 5.74) is 0.330. The van der Waals surface area contributed by atoms with Crippen LogP contribution in [0.25, 0.3) is 0 Å². The Labute approximate surface area is 125 Å². The van der Waals surface area contributed by atoms with Crippen LogP contribution in [0, 0.1) is 0 Å². The smallest absolute Gasteiger partial charge is 0.410 e. The Hall–Kier alpha value is -1.75. The van der Waals surface area contributed by atoms with Gasteiger partial charge in [-0.05, 0) is 32.4 Å². The summed E-state index contributed by atoms with van der Waals surface area (Å²) >= 11 is 0. The van der Waals surface area contributed by atoms with Crippen molar-refractivity contribution in [3.05, 3.63) is 29.8 Å². The van der Waals surface area contributed by atoms with Crippen molar-refractivity contribution in [3.8, 4) is 5.75 Å². The van der Waals surface area contributed by atoms with Crippen LogP contribution >= 0.6 is 0 Å². The first kappa shape index (κ1) is 15.6. The number of phenolic OH excluding ortho intramolecular Hbond substituents is 1. The fourth-order valence-electron chi connectivity index (χ4n) is 2.26. The van der Waals surface area contributed by atoms with Crippen molar-refractivity contribution in [1.29, 1.82) is 0 Å². The second kappa shape index (κ2) is 6.35. The molecule has 1 aliphatic rings. The molecule has 0 bridgehead atoms. The number of amides is 1. The van der Waals surface area contributed by atoms with Gasteiger partial charge in [-0.25, -0.2) is 4.79 Å². The van der Waals surface area contributed by atoms with Crippen LogP contribution in [0.4, 0.5) is 4.79 Å². The highest BCUT2D eigenvalue weighted by Gasteiger charge is 2.28. The number of hydrogen-bond acceptors (Lipinski definition) is 4. The molecule has 1 aromatic carbocycles. The molecule has 1 N–H and O–H groups in total. The highest BCUT2D eigenvalue weighted by atomic mass is 16.6. The Morgan fingerprint density at radius 2 is 2.14 bits per heavy atom. The van der Waals surface area contributed by atoms with Gasteiger partial charge in [0.25, 0.3) is 0 Å². The lowest BCUT2D eigenvalue weighted by Crippen LogP contribution is -2.48. The Bertz CT molecular complexity index is 495. The molecule has 2 rings (SSSR count). The van der Waals surface area contributed by atoms with Crippen LogP contribution in [0.5, 0.6) is 5.75 Å². The molecule has 5 heteroatoms. The maximum atomic E-state index is 12.1. The summed E-state index contributed by atoms with van der Waals surface area (Å²) in [7, 11) is 0. The van der Waals surface area contributed by atoms with E-state index in [1.807, 2.05) is 32.9 Å². The van der Waals surface area contributed by atoms with E-state index in [4.69, 9.17) is 9.47 Å². The number of phenols is 1. The lowest BCUT2D eigenvalue weighted by Gasteiger charge is -2.34. The number of aromatic hydroxyl groups is 1. The highest BCUT2D eigenvalue weighted by Crippen LogP contribution is 2.21. The van der Waals surface area contributed by atoms with Crippen molar-refractivity contribution < 1.29 is 19.4 Å². The summed E-state index contributed by atoms with van der Waals surface area (Å²) in [6, 6.07) is 7.19. The van der Waals surface area contributed by atoms with Gasteiger partial charge in [0, 0.05) is 13.0 Å². The second-order valence-corrected chi connectivity index (χ2v) is 6.25. The van der Waals surface area contributed by atoms with Crippen molar-refractivity contribution in [2.24, 2.45) is 0 Å². The SMILES string of the molecule is CC(C)(C)OC(=O)N1CCO[C@@H](Cc2ccccc2O)C1. The van der Waals surface area contributed by atoms with E-state index in [2.05, 4.69) is 0 Å². The Morgan fingerprint density at radius 3 is 2.81 bits per heavy atom. The van der Waals surface area contributed by atoms with E-state index < -0.39 is 5.60 Å². The first-order valence-corrected chi connectivity index (χ1v) is 7.21. The van der Waals surface area contributed by atoms with Crippen LogP contribution in [-0.2, 0) is 15.9 Å². The third-order valence-electron chi connectivity index (χ3n) is 3.23. The number of benzene rings is 1. The average Bonchev–Trinajstić information content (AvgIpc) is 2.40. The Balaban J connectivity index is 1.95. The van der Waals surface area contributed by atoms with Gasteiger partial charge in [-0.15, -0.1) is 0 Å². The second-order valence-electron chi connectivity index (χ2n) is 6.25. The van der Waals surface area contributed by atoms with Crippen LogP contribution in [0.2, 0.25) is 0 Å². The molecule has 1 heterocycles. The van der Waals surface area contributed by atoms with Crippen molar-refractivity contribution in [3.63, 3.8) is 0 Å². The van der Waals surface area contributed by atoms with E-state index in [0.717, 1.165) is 5.56 Å². The number of hydrogen-bond donors (Lipinski definition) is 1. The molecule has 1 aromatic rings. The molecule has 0 radical (unpaired) electrons. The van der Waals surface area contributed by atoms with Crippen molar-refractivity contribution in [2.75, 3.05) is 19.7 Å². The van der Waals surface area contributed by atoms with Gasteiger partial charge in [0.2, 0.25) is 0 Å². The van der Waals surface area contributed by atoms with Crippen molar-refractivity contribution in [1.82, 2.24) is 4.90 Å². The van der Waals surface area contributed by atoms with E-state index in [1.165, 1.54) is 0 Å². The molecule has 0 aromatic heterocycles. The lowest BCUT2D eigenvalue weighted by molar-refractivity contribution is -0.0416. The maximum absolute atomic E-state index is 12.1. The number of rotatable bonds is 2. The average molecular weight is 293 g/mol. The number of ether oxygens (including phenoxy) is 2. The zero-order valence-corrected chi connectivity index (χ0v) is 12.8. The molecule has 0 unspecified atom stereocenters. The summed E-state index contributed by atoms with van der Waals surface area (Å²) in [5, 5.41) is 9.81. The van der Waals surface area contributed by atoms with E-state index in [0.29, 0.717) is 26.1 Å². The van der Waals surface area contributed by atoms with Gasteiger partial charge in [-0.2, -0.15) is 0 Å². The third kappa shape index (κ3) is 4.63. The summed E-state index contributed by atoms with van der Waals surface area (Å²) in [6.07, 6.45) is 0.138. The molecule has 1 atom stereocenters. The quantitative estimate of drug-likeness (QED) is 0.910. The van der Waals surface area contributed by atoms with Gasteiger partial charge in [-0.3, -0.25) is 0 Å². The number of nitrogens with zero attached hydrogens (tertiary/aromatic N) is 1. The van der Waals surface area contributed by atoms with Gasteiger partial charge in [0.05, 0.1) is 19.3 Å². The highest BCUT2D eigenvalue weighted by molar-refractivity contribution is 5.68. The molecule has 1 amide bonds. The van der Waals surface area contributed by atoms with Gasteiger partial charge < -0.3 is 19.5 Å².